The molecule has 2 aliphatic heterocycles. The Hall–Kier alpha value is -2.01. The summed E-state index contributed by atoms with van der Waals surface area (Å²) in [5.74, 6) is 1.43. The number of benzene rings is 1. The van der Waals surface area contributed by atoms with Crippen molar-refractivity contribution in [3.63, 3.8) is 0 Å². The predicted octanol–water partition coefficient (Wildman–Crippen LogP) is 4.89. The van der Waals surface area contributed by atoms with E-state index in [4.69, 9.17) is 9.47 Å². The molecule has 0 radical (unpaired) electrons. The maximum atomic E-state index is 11.8. The Balaban J connectivity index is 1.36. The number of carbonyl (C=O) groups is 1. The van der Waals surface area contributed by atoms with E-state index in [1.165, 1.54) is 12.0 Å². The van der Waals surface area contributed by atoms with E-state index >= 15 is 0 Å². The lowest BCUT2D eigenvalue weighted by atomic mass is 9.73. The second kappa shape index (κ2) is 8.85. The second-order valence-electron chi connectivity index (χ2n) is 10.7. The average Bonchev–Trinajstić information content (AvgIpc) is 3.09. The number of hydrogen-bond acceptors (Lipinski definition) is 4. The van der Waals surface area contributed by atoms with Gasteiger partial charge in [0, 0.05) is 23.6 Å². The van der Waals surface area contributed by atoms with Crippen LogP contribution in [0.15, 0.2) is 30.4 Å². The molecule has 31 heavy (non-hydrogen) atoms. The molecule has 1 saturated heterocycles. The highest BCUT2D eigenvalue weighted by Gasteiger charge is 2.44. The van der Waals surface area contributed by atoms with Crippen LogP contribution in [-0.4, -0.2) is 48.8 Å². The van der Waals surface area contributed by atoms with Crippen LogP contribution in [0.5, 0.6) is 11.5 Å². The largest absolute Gasteiger partial charge is 0.493 e. The van der Waals surface area contributed by atoms with Crippen molar-refractivity contribution < 1.29 is 19.4 Å². The highest BCUT2D eigenvalue weighted by molar-refractivity contribution is 5.71. The van der Waals surface area contributed by atoms with Crippen molar-refractivity contribution in [3.05, 3.63) is 35.9 Å². The summed E-state index contributed by atoms with van der Waals surface area (Å²) < 4.78 is 12.2. The third-order valence-electron chi connectivity index (χ3n) is 7.49. The Bertz CT molecular complexity index is 817. The third kappa shape index (κ3) is 4.92. The third-order valence-corrected chi connectivity index (χ3v) is 7.49. The minimum Gasteiger partial charge on any atom is -0.493 e. The Labute approximate surface area is 186 Å². The van der Waals surface area contributed by atoms with E-state index in [9.17, 15) is 9.90 Å². The fourth-order valence-corrected chi connectivity index (χ4v) is 5.22. The van der Waals surface area contributed by atoms with Gasteiger partial charge in [0.05, 0.1) is 19.1 Å². The summed E-state index contributed by atoms with van der Waals surface area (Å²) in [6.45, 7) is 9.98. The van der Waals surface area contributed by atoms with Crippen LogP contribution in [0, 0.1) is 17.3 Å². The van der Waals surface area contributed by atoms with E-state index in [1.807, 2.05) is 20.8 Å². The maximum Gasteiger partial charge on any atom is 0.308 e. The summed E-state index contributed by atoms with van der Waals surface area (Å²) in [6, 6.07) is 6.36. The molecule has 1 aromatic carbocycles. The van der Waals surface area contributed by atoms with Crippen LogP contribution in [0.25, 0.3) is 0 Å². The fourth-order valence-electron chi connectivity index (χ4n) is 5.22. The number of carboxylic acids is 1. The molecule has 1 aromatic rings. The normalized spacial score (nSPS) is 23.9. The first kappa shape index (κ1) is 22.2. The molecular formula is C26H37NO4. The summed E-state index contributed by atoms with van der Waals surface area (Å²) >= 11 is 0. The van der Waals surface area contributed by atoms with E-state index in [1.54, 1.807) is 0 Å². The van der Waals surface area contributed by atoms with Gasteiger partial charge in [0.1, 0.15) is 11.5 Å². The smallest absolute Gasteiger partial charge is 0.308 e. The zero-order chi connectivity index (χ0) is 22.1. The molecule has 170 valence electrons. The zero-order valence-corrected chi connectivity index (χ0v) is 19.2. The van der Waals surface area contributed by atoms with Crippen LogP contribution in [0.4, 0.5) is 0 Å². The molecule has 1 fully saturated rings. The lowest BCUT2D eigenvalue weighted by Gasteiger charge is -2.41. The maximum absolute atomic E-state index is 11.8. The van der Waals surface area contributed by atoms with Gasteiger partial charge in [-0.2, -0.15) is 0 Å². The van der Waals surface area contributed by atoms with Crippen LogP contribution < -0.4 is 9.47 Å². The number of rotatable bonds is 6. The van der Waals surface area contributed by atoms with Gasteiger partial charge in [-0.1, -0.05) is 39.0 Å². The van der Waals surface area contributed by atoms with Gasteiger partial charge in [0.15, 0.2) is 0 Å². The van der Waals surface area contributed by atoms with E-state index in [0.29, 0.717) is 19.1 Å². The molecule has 2 heterocycles. The molecule has 2 atom stereocenters. The molecule has 1 N–H and O–H groups in total. The summed E-state index contributed by atoms with van der Waals surface area (Å²) in [7, 11) is 0. The number of ether oxygens (including phenoxy) is 2. The minimum absolute atomic E-state index is 0.0545. The van der Waals surface area contributed by atoms with Crippen LogP contribution in [0.1, 0.15) is 58.4 Å². The first-order valence-electron chi connectivity index (χ1n) is 11.8. The number of carboxylic acid groups (broad SMARTS) is 1. The van der Waals surface area contributed by atoms with Gasteiger partial charge in [-0.05, 0) is 62.6 Å². The average molecular weight is 428 g/mol. The fraction of sp³-hybridized carbons (Fsp3) is 0.654. The first-order valence-corrected chi connectivity index (χ1v) is 11.8. The Morgan fingerprint density at radius 1 is 1.29 bits per heavy atom. The highest BCUT2D eigenvalue weighted by Crippen LogP contribution is 2.47. The van der Waals surface area contributed by atoms with E-state index in [2.05, 4.69) is 35.3 Å². The van der Waals surface area contributed by atoms with Crippen LogP contribution >= 0.6 is 0 Å². The van der Waals surface area contributed by atoms with Gasteiger partial charge in [-0.15, -0.1) is 0 Å². The van der Waals surface area contributed by atoms with Gasteiger partial charge in [0.25, 0.3) is 0 Å². The minimum atomic E-state index is -0.695. The standard InChI is InChI=1S/C26H37NO4/c1-25(2,3)22(24(28)29)16-27-13-11-26(12-14-27)18-31-23-15-20(9-10-21(23)26)30-17-19-7-5-4-6-8-19/h4-5,9-10,15,19,22H,6-8,11-14,16-18H2,1-3H3,(H,28,29). The molecule has 3 aliphatic rings. The van der Waals surface area contributed by atoms with Crippen LogP contribution in [0.3, 0.4) is 0 Å². The molecule has 1 spiro atoms. The number of allylic oxidation sites excluding steroid dienone is 2. The van der Waals surface area contributed by atoms with Crippen molar-refractivity contribution in [2.45, 2.75) is 58.3 Å². The number of likely N-dealkylation sites (tertiary alicyclic amines) is 1. The molecule has 0 bridgehead atoms. The van der Waals surface area contributed by atoms with Crippen LogP contribution in [0.2, 0.25) is 0 Å². The molecule has 2 unspecified atom stereocenters. The van der Waals surface area contributed by atoms with Gasteiger partial charge >= 0.3 is 5.97 Å². The van der Waals surface area contributed by atoms with Crippen molar-refractivity contribution in [2.75, 3.05) is 32.8 Å². The van der Waals surface area contributed by atoms with E-state index < -0.39 is 5.97 Å². The molecule has 0 amide bonds. The topological polar surface area (TPSA) is 59.0 Å². The van der Waals surface area contributed by atoms with E-state index in [-0.39, 0.29) is 16.7 Å². The van der Waals surface area contributed by atoms with Gasteiger partial charge < -0.3 is 19.5 Å². The van der Waals surface area contributed by atoms with Crippen molar-refractivity contribution in [2.24, 2.45) is 17.3 Å². The van der Waals surface area contributed by atoms with Crippen molar-refractivity contribution in [1.82, 2.24) is 4.90 Å². The highest BCUT2D eigenvalue weighted by atomic mass is 16.5. The summed E-state index contributed by atoms with van der Waals surface area (Å²) in [6.07, 6.45) is 10.0. The number of fused-ring (bicyclic) bond motifs is 2. The summed E-state index contributed by atoms with van der Waals surface area (Å²) in [5.41, 5.74) is 1.11. The zero-order valence-electron chi connectivity index (χ0n) is 19.2. The van der Waals surface area contributed by atoms with Crippen molar-refractivity contribution in [3.8, 4) is 11.5 Å². The summed E-state index contributed by atoms with van der Waals surface area (Å²) in [4.78, 5) is 14.1. The lowest BCUT2D eigenvalue weighted by Crippen LogP contribution is -2.47. The first-order chi connectivity index (χ1) is 14.8. The Kier molecular flexibility index (Phi) is 6.34. The Morgan fingerprint density at radius 2 is 2.06 bits per heavy atom. The number of hydrogen-bond donors (Lipinski definition) is 1. The molecule has 0 aromatic heterocycles. The lowest BCUT2D eigenvalue weighted by molar-refractivity contribution is -0.146. The van der Waals surface area contributed by atoms with Gasteiger partial charge in [0.2, 0.25) is 0 Å². The number of nitrogens with zero attached hydrogens (tertiary/aromatic N) is 1. The quantitative estimate of drug-likeness (QED) is 0.655. The van der Waals surface area contributed by atoms with Gasteiger partial charge in [-0.3, -0.25) is 4.79 Å². The van der Waals surface area contributed by atoms with E-state index in [0.717, 1.165) is 56.9 Å². The SMILES string of the molecule is CC(C)(C)C(CN1CCC2(CC1)COc1cc(OCC3CC=CCC3)ccc12)C(=O)O. The molecule has 5 nitrogen and oxygen atoms in total. The van der Waals surface area contributed by atoms with Crippen LogP contribution in [-0.2, 0) is 10.2 Å². The summed E-state index contributed by atoms with van der Waals surface area (Å²) in [5, 5.41) is 9.67. The Morgan fingerprint density at radius 3 is 2.71 bits per heavy atom. The van der Waals surface area contributed by atoms with Crippen molar-refractivity contribution >= 4 is 5.97 Å². The molecule has 4 rings (SSSR count). The molecule has 5 heteroatoms. The predicted molar refractivity (Wildman–Crippen MR) is 122 cm³/mol. The second-order valence-corrected chi connectivity index (χ2v) is 10.7. The molecule has 1 aliphatic carbocycles. The van der Waals surface area contributed by atoms with Crippen molar-refractivity contribution in [1.29, 1.82) is 0 Å². The monoisotopic (exact) mass is 427 g/mol. The number of aliphatic carboxylic acids is 1. The molecular weight excluding hydrogens is 390 g/mol. The molecule has 0 saturated carbocycles. The number of piperidine rings is 1. The van der Waals surface area contributed by atoms with Gasteiger partial charge in [-0.25, -0.2) is 0 Å².